The van der Waals surface area contributed by atoms with E-state index in [9.17, 15) is 13.2 Å². The van der Waals surface area contributed by atoms with Crippen LogP contribution in [0.5, 0.6) is 0 Å². The number of amidine groups is 1. The van der Waals surface area contributed by atoms with Crippen LogP contribution in [-0.4, -0.2) is 41.8 Å². The second-order valence-corrected chi connectivity index (χ2v) is 5.58. The molecule has 0 spiro atoms. The number of piperidine rings is 1. The molecule has 0 radical (unpaired) electrons. The summed E-state index contributed by atoms with van der Waals surface area (Å²) < 4.78 is 38.5. The fourth-order valence-electron chi connectivity index (χ4n) is 2.32. The first-order valence-corrected chi connectivity index (χ1v) is 6.48. The van der Waals surface area contributed by atoms with Gasteiger partial charge in [0.05, 0.1) is 0 Å². The van der Waals surface area contributed by atoms with E-state index in [-0.39, 0.29) is 12.0 Å². The molecule has 0 aromatic heterocycles. The molecule has 1 rings (SSSR count). The van der Waals surface area contributed by atoms with Gasteiger partial charge in [0.25, 0.3) is 0 Å². The molecule has 7 heteroatoms. The fraction of sp³-hybridized carbons (Fsp3) is 0.917. The van der Waals surface area contributed by atoms with Crippen molar-refractivity contribution in [3.63, 3.8) is 0 Å². The van der Waals surface area contributed by atoms with Crippen LogP contribution in [-0.2, 0) is 0 Å². The summed E-state index contributed by atoms with van der Waals surface area (Å²) in [6.07, 6.45) is -1.69. The van der Waals surface area contributed by atoms with Crippen LogP contribution in [0.4, 0.5) is 13.2 Å². The Hall–Kier alpha value is -0.980. The topological polar surface area (TPSA) is 61.8 Å². The van der Waals surface area contributed by atoms with Crippen LogP contribution < -0.4 is 5.73 Å². The molecule has 1 aliphatic rings. The van der Waals surface area contributed by atoms with E-state index in [4.69, 9.17) is 10.9 Å². The quantitative estimate of drug-likeness (QED) is 0.360. The standard InChI is InChI=1S/C12H22F3N3O/c1-3-11(2)4-6-18(7-5-11)8-9(10(16)17-19)12(13,14)15/h9,19H,3-8H2,1-2H3,(H2,16,17). The maximum absolute atomic E-state index is 12.8. The number of nitrogens with zero attached hydrogens (tertiary/aromatic N) is 2. The Balaban J connectivity index is 2.63. The number of alkyl halides is 3. The van der Waals surface area contributed by atoms with Crippen molar-refractivity contribution in [1.29, 1.82) is 0 Å². The Morgan fingerprint density at radius 2 is 1.95 bits per heavy atom. The Labute approximate surface area is 111 Å². The maximum Gasteiger partial charge on any atom is 0.400 e. The Bertz CT molecular complexity index is 323. The lowest BCUT2D eigenvalue weighted by Gasteiger charge is -2.40. The molecule has 19 heavy (non-hydrogen) atoms. The molecule has 1 saturated heterocycles. The highest BCUT2D eigenvalue weighted by molar-refractivity contribution is 5.83. The van der Waals surface area contributed by atoms with Gasteiger partial charge in [-0.2, -0.15) is 13.2 Å². The summed E-state index contributed by atoms with van der Waals surface area (Å²) >= 11 is 0. The van der Waals surface area contributed by atoms with Crippen LogP contribution in [0.15, 0.2) is 5.16 Å². The summed E-state index contributed by atoms with van der Waals surface area (Å²) in [4.78, 5) is 1.74. The zero-order chi connectivity index (χ0) is 14.7. The SMILES string of the molecule is CCC1(C)CCN(CC(C(N)=NO)C(F)(F)F)CC1. The van der Waals surface area contributed by atoms with Crippen molar-refractivity contribution in [3.8, 4) is 0 Å². The first-order valence-electron chi connectivity index (χ1n) is 6.48. The maximum atomic E-state index is 12.8. The largest absolute Gasteiger partial charge is 0.409 e. The minimum atomic E-state index is -4.48. The van der Waals surface area contributed by atoms with Crippen LogP contribution in [0, 0.1) is 11.3 Å². The van der Waals surface area contributed by atoms with Gasteiger partial charge in [0.15, 0.2) is 5.84 Å². The molecule has 0 aromatic rings. The van der Waals surface area contributed by atoms with E-state index in [0.29, 0.717) is 13.1 Å². The van der Waals surface area contributed by atoms with E-state index >= 15 is 0 Å². The zero-order valence-electron chi connectivity index (χ0n) is 11.4. The van der Waals surface area contributed by atoms with E-state index < -0.39 is 17.9 Å². The number of hydrogen-bond donors (Lipinski definition) is 2. The van der Waals surface area contributed by atoms with Crippen LogP contribution in [0.2, 0.25) is 0 Å². The van der Waals surface area contributed by atoms with Crippen molar-refractivity contribution in [3.05, 3.63) is 0 Å². The molecule has 112 valence electrons. The average Bonchev–Trinajstić information content (AvgIpc) is 2.36. The molecule has 1 atom stereocenters. The minimum absolute atomic E-state index is 0.223. The summed E-state index contributed by atoms with van der Waals surface area (Å²) in [6, 6.07) is 0. The van der Waals surface area contributed by atoms with Gasteiger partial charge in [-0.05, 0) is 31.3 Å². The number of nitrogens with two attached hydrogens (primary N) is 1. The molecule has 1 heterocycles. The molecule has 0 aliphatic carbocycles. The molecule has 0 bridgehead atoms. The molecule has 1 fully saturated rings. The molecule has 1 aliphatic heterocycles. The molecule has 0 saturated carbocycles. The highest BCUT2D eigenvalue weighted by atomic mass is 19.4. The number of likely N-dealkylation sites (tertiary alicyclic amines) is 1. The van der Waals surface area contributed by atoms with Crippen LogP contribution in [0.25, 0.3) is 0 Å². The summed E-state index contributed by atoms with van der Waals surface area (Å²) in [5.74, 6) is -2.67. The number of halogens is 3. The smallest absolute Gasteiger partial charge is 0.400 e. The third-order valence-electron chi connectivity index (χ3n) is 4.23. The monoisotopic (exact) mass is 281 g/mol. The summed E-state index contributed by atoms with van der Waals surface area (Å²) in [5.41, 5.74) is 5.38. The van der Waals surface area contributed by atoms with Gasteiger partial charge in [-0.1, -0.05) is 25.4 Å². The number of oxime groups is 1. The fourth-order valence-corrected chi connectivity index (χ4v) is 2.32. The normalized spacial score (nSPS) is 23.3. The van der Waals surface area contributed by atoms with Crippen molar-refractivity contribution in [2.24, 2.45) is 22.2 Å². The number of hydrogen-bond acceptors (Lipinski definition) is 3. The Morgan fingerprint density at radius 3 is 2.32 bits per heavy atom. The Kier molecular flexibility index (Phi) is 5.06. The van der Waals surface area contributed by atoms with E-state index in [1.165, 1.54) is 0 Å². The van der Waals surface area contributed by atoms with Gasteiger partial charge in [-0.25, -0.2) is 0 Å². The first-order chi connectivity index (χ1) is 8.72. The highest BCUT2D eigenvalue weighted by Gasteiger charge is 2.44. The first kappa shape index (κ1) is 16.1. The van der Waals surface area contributed by atoms with Gasteiger partial charge in [0, 0.05) is 6.54 Å². The molecule has 3 N–H and O–H groups in total. The van der Waals surface area contributed by atoms with Crippen LogP contribution >= 0.6 is 0 Å². The van der Waals surface area contributed by atoms with Crippen LogP contribution in [0.1, 0.15) is 33.1 Å². The van der Waals surface area contributed by atoms with E-state index in [1.54, 1.807) is 4.90 Å². The van der Waals surface area contributed by atoms with Gasteiger partial charge < -0.3 is 15.8 Å². The van der Waals surface area contributed by atoms with E-state index in [1.807, 2.05) is 0 Å². The van der Waals surface area contributed by atoms with Crippen molar-refractivity contribution in [2.45, 2.75) is 39.3 Å². The zero-order valence-corrected chi connectivity index (χ0v) is 11.4. The molecular weight excluding hydrogens is 259 g/mol. The summed E-state index contributed by atoms with van der Waals surface area (Å²) in [7, 11) is 0. The average molecular weight is 281 g/mol. The summed E-state index contributed by atoms with van der Waals surface area (Å²) in [5, 5.41) is 11.0. The van der Waals surface area contributed by atoms with Crippen molar-refractivity contribution < 1.29 is 18.4 Å². The lowest BCUT2D eigenvalue weighted by Crippen LogP contribution is -2.47. The third kappa shape index (κ3) is 4.26. The van der Waals surface area contributed by atoms with Crippen molar-refractivity contribution in [1.82, 2.24) is 4.90 Å². The lowest BCUT2D eigenvalue weighted by atomic mass is 9.78. The van der Waals surface area contributed by atoms with Gasteiger partial charge >= 0.3 is 6.18 Å². The molecule has 4 nitrogen and oxygen atoms in total. The van der Waals surface area contributed by atoms with Gasteiger partial charge in [0.2, 0.25) is 0 Å². The lowest BCUT2D eigenvalue weighted by molar-refractivity contribution is -0.161. The molecule has 0 amide bonds. The minimum Gasteiger partial charge on any atom is -0.409 e. The predicted molar refractivity (Wildman–Crippen MR) is 67.0 cm³/mol. The van der Waals surface area contributed by atoms with Gasteiger partial charge in [-0.3, -0.25) is 0 Å². The third-order valence-corrected chi connectivity index (χ3v) is 4.23. The number of rotatable bonds is 4. The molecule has 0 aromatic carbocycles. The highest BCUT2D eigenvalue weighted by Crippen LogP contribution is 2.35. The molecule has 1 unspecified atom stereocenters. The van der Waals surface area contributed by atoms with Crippen molar-refractivity contribution in [2.75, 3.05) is 19.6 Å². The Morgan fingerprint density at radius 1 is 1.42 bits per heavy atom. The van der Waals surface area contributed by atoms with E-state index in [0.717, 1.165) is 19.3 Å². The van der Waals surface area contributed by atoms with Gasteiger partial charge in [-0.15, -0.1) is 0 Å². The molecular formula is C12H22F3N3O. The van der Waals surface area contributed by atoms with Crippen molar-refractivity contribution >= 4 is 5.84 Å². The van der Waals surface area contributed by atoms with Gasteiger partial charge in [0.1, 0.15) is 5.92 Å². The van der Waals surface area contributed by atoms with Crippen LogP contribution in [0.3, 0.4) is 0 Å². The van der Waals surface area contributed by atoms with E-state index in [2.05, 4.69) is 19.0 Å². The summed E-state index contributed by atoms with van der Waals surface area (Å²) in [6.45, 7) is 5.27. The predicted octanol–water partition coefficient (Wildman–Crippen LogP) is 2.42. The second kappa shape index (κ2) is 5.98. The second-order valence-electron chi connectivity index (χ2n) is 5.58.